The molecule has 1 fully saturated rings. The Morgan fingerprint density at radius 1 is 1.41 bits per heavy atom. The molecule has 0 aliphatic carbocycles. The summed E-state index contributed by atoms with van der Waals surface area (Å²) in [4.78, 5) is 16.2. The first-order valence-electron chi connectivity index (χ1n) is 6.74. The van der Waals surface area contributed by atoms with Crippen LogP contribution in [-0.4, -0.2) is 29.1 Å². The number of aromatic nitrogens is 2. The topological polar surface area (TPSA) is 80.0 Å². The minimum absolute atomic E-state index is 0. The normalized spacial score (nSPS) is 15.5. The molecule has 1 atom stereocenters. The third-order valence-corrected chi connectivity index (χ3v) is 3.68. The molecule has 0 radical (unpaired) electrons. The molecule has 1 aromatic heterocycles. The minimum Gasteiger partial charge on any atom is -0.346 e. The van der Waals surface area contributed by atoms with Crippen LogP contribution < -0.4 is 10.6 Å². The third kappa shape index (κ3) is 3.58. The van der Waals surface area contributed by atoms with Crippen LogP contribution in [0.15, 0.2) is 28.8 Å². The van der Waals surface area contributed by atoms with E-state index >= 15 is 0 Å². The number of carbonyl (C=O) groups is 1. The summed E-state index contributed by atoms with van der Waals surface area (Å²) in [6, 6.07) is 6.85. The number of benzene rings is 1. The number of amides is 1. The molecule has 22 heavy (non-hydrogen) atoms. The Morgan fingerprint density at radius 2 is 2.09 bits per heavy atom. The number of halogens is 2. The van der Waals surface area contributed by atoms with Crippen molar-refractivity contribution in [1.82, 2.24) is 20.8 Å². The van der Waals surface area contributed by atoms with Gasteiger partial charge in [0.05, 0.1) is 12.0 Å². The van der Waals surface area contributed by atoms with E-state index in [1.54, 1.807) is 12.1 Å². The van der Waals surface area contributed by atoms with Crippen molar-refractivity contribution in [3.8, 4) is 11.5 Å². The SMILES string of the molecule is CC(NC(=O)C1CNC1)c1noc(-c2ccc(Cl)cc2)n1.Cl. The van der Waals surface area contributed by atoms with Gasteiger partial charge in [0.15, 0.2) is 5.82 Å². The molecular formula is C14H16Cl2N4O2. The molecule has 0 bridgehead atoms. The minimum atomic E-state index is -0.289. The Morgan fingerprint density at radius 3 is 2.68 bits per heavy atom. The molecule has 1 aromatic carbocycles. The maximum absolute atomic E-state index is 11.9. The van der Waals surface area contributed by atoms with Gasteiger partial charge in [-0.25, -0.2) is 0 Å². The average molecular weight is 343 g/mol. The number of nitrogens with zero attached hydrogens (tertiary/aromatic N) is 2. The second kappa shape index (κ2) is 7.09. The molecule has 118 valence electrons. The average Bonchev–Trinajstić information content (AvgIpc) is 2.87. The van der Waals surface area contributed by atoms with E-state index in [1.165, 1.54) is 0 Å². The van der Waals surface area contributed by atoms with Crippen LogP contribution in [0.2, 0.25) is 5.02 Å². The van der Waals surface area contributed by atoms with Crippen molar-refractivity contribution in [3.05, 3.63) is 35.1 Å². The lowest BCUT2D eigenvalue weighted by atomic mass is 10.0. The number of rotatable bonds is 4. The first-order chi connectivity index (χ1) is 10.1. The summed E-state index contributed by atoms with van der Waals surface area (Å²) in [6.45, 7) is 3.28. The quantitative estimate of drug-likeness (QED) is 0.890. The van der Waals surface area contributed by atoms with Crippen LogP contribution in [0.25, 0.3) is 11.5 Å². The van der Waals surface area contributed by atoms with Crippen molar-refractivity contribution in [1.29, 1.82) is 0 Å². The second-order valence-corrected chi connectivity index (χ2v) is 5.49. The fourth-order valence-corrected chi connectivity index (χ4v) is 2.12. The molecule has 2 aromatic rings. The highest BCUT2D eigenvalue weighted by Gasteiger charge is 2.27. The van der Waals surface area contributed by atoms with Gasteiger partial charge < -0.3 is 15.2 Å². The molecule has 1 amide bonds. The van der Waals surface area contributed by atoms with Crippen LogP contribution >= 0.6 is 24.0 Å². The fraction of sp³-hybridized carbons (Fsp3) is 0.357. The van der Waals surface area contributed by atoms with Crippen molar-refractivity contribution in [3.63, 3.8) is 0 Å². The van der Waals surface area contributed by atoms with Gasteiger partial charge in [0.2, 0.25) is 5.91 Å². The maximum atomic E-state index is 11.9. The Balaban J connectivity index is 0.00000176. The molecule has 3 rings (SSSR count). The number of hydrogen-bond acceptors (Lipinski definition) is 5. The van der Waals surface area contributed by atoms with Gasteiger partial charge in [-0.3, -0.25) is 4.79 Å². The van der Waals surface area contributed by atoms with Gasteiger partial charge in [0, 0.05) is 23.7 Å². The van der Waals surface area contributed by atoms with Gasteiger partial charge in [0.25, 0.3) is 5.89 Å². The molecule has 2 heterocycles. The van der Waals surface area contributed by atoms with E-state index in [9.17, 15) is 4.79 Å². The molecule has 1 aliphatic rings. The Bertz CT molecular complexity index is 641. The predicted molar refractivity (Wildman–Crippen MR) is 84.9 cm³/mol. The number of hydrogen-bond donors (Lipinski definition) is 2. The van der Waals surface area contributed by atoms with Crippen molar-refractivity contribution < 1.29 is 9.32 Å². The summed E-state index contributed by atoms with van der Waals surface area (Å²) in [7, 11) is 0. The molecule has 1 aliphatic heterocycles. The third-order valence-electron chi connectivity index (χ3n) is 3.43. The molecular weight excluding hydrogens is 327 g/mol. The monoisotopic (exact) mass is 342 g/mol. The molecule has 0 saturated carbocycles. The summed E-state index contributed by atoms with van der Waals surface area (Å²) in [5.74, 6) is 0.919. The lowest BCUT2D eigenvalue weighted by molar-refractivity contribution is -0.127. The molecule has 1 saturated heterocycles. The highest BCUT2D eigenvalue weighted by molar-refractivity contribution is 6.30. The fourth-order valence-electron chi connectivity index (χ4n) is 1.99. The van der Waals surface area contributed by atoms with Gasteiger partial charge in [0.1, 0.15) is 0 Å². The van der Waals surface area contributed by atoms with Crippen molar-refractivity contribution in [2.75, 3.05) is 13.1 Å². The van der Waals surface area contributed by atoms with Gasteiger partial charge >= 0.3 is 0 Å². The lowest BCUT2D eigenvalue weighted by Crippen LogP contribution is -2.51. The van der Waals surface area contributed by atoms with E-state index in [2.05, 4.69) is 20.8 Å². The Labute approximate surface area is 139 Å². The van der Waals surface area contributed by atoms with Crippen LogP contribution in [0.1, 0.15) is 18.8 Å². The standard InChI is InChI=1S/C14H15ClN4O2.ClH/c1-8(17-13(20)10-6-16-7-10)12-18-14(21-19-12)9-2-4-11(15)5-3-9;/h2-5,8,10,16H,6-7H2,1H3,(H,17,20);1H. The van der Waals surface area contributed by atoms with Gasteiger partial charge in [-0.2, -0.15) is 4.98 Å². The zero-order chi connectivity index (χ0) is 14.8. The highest BCUT2D eigenvalue weighted by Crippen LogP contribution is 2.21. The highest BCUT2D eigenvalue weighted by atomic mass is 35.5. The Kier molecular flexibility index (Phi) is 5.39. The van der Waals surface area contributed by atoms with Gasteiger partial charge in [-0.1, -0.05) is 16.8 Å². The van der Waals surface area contributed by atoms with Crippen molar-refractivity contribution in [2.24, 2.45) is 5.92 Å². The van der Waals surface area contributed by atoms with Crippen LogP contribution in [0.5, 0.6) is 0 Å². The maximum Gasteiger partial charge on any atom is 0.257 e. The second-order valence-electron chi connectivity index (χ2n) is 5.05. The van der Waals surface area contributed by atoms with E-state index in [1.807, 2.05) is 19.1 Å². The van der Waals surface area contributed by atoms with E-state index in [0.717, 1.165) is 18.7 Å². The summed E-state index contributed by atoms with van der Waals surface area (Å²) < 4.78 is 5.23. The van der Waals surface area contributed by atoms with Crippen LogP contribution in [0, 0.1) is 5.92 Å². The summed E-state index contributed by atoms with van der Waals surface area (Å²) in [6.07, 6.45) is 0. The molecule has 0 spiro atoms. The molecule has 6 nitrogen and oxygen atoms in total. The largest absolute Gasteiger partial charge is 0.346 e. The lowest BCUT2D eigenvalue weighted by Gasteiger charge is -2.26. The number of carbonyl (C=O) groups excluding carboxylic acids is 1. The number of nitrogens with one attached hydrogen (secondary N) is 2. The van der Waals surface area contributed by atoms with E-state index < -0.39 is 0 Å². The van der Waals surface area contributed by atoms with Gasteiger partial charge in [-0.05, 0) is 31.2 Å². The Hall–Kier alpha value is -1.63. The summed E-state index contributed by atoms with van der Waals surface area (Å²) in [5.41, 5.74) is 0.792. The molecule has 1 unspecified atom stereocenters. The smallest absolute Gasteiger partial charge is 0.257 e. The van der Waals surface area contributed by atoms with E-state index in [4.69, 9.17) is 16.1 Å². The van der Waals surface area contributed by atoms with Crippen LogP contribution in [-0.2, 0) is 4.79 Å². The zero-order valence-electron chi connectivity index (χ0n) is 11.9. The van der Waals surface area contributed by atoms with Crippen molar-refractivity contribution >= 4 is 29.9 Å². The summed E-state index contributed by atoms with van der Waals surface area (Å²) in [5, 5.41) is 10.5. The molecule has 8 heteroatoms. The van der Waals surface area contributed by atoms with E-state index in [0.29, 0.717) is 16.7 Å². The van der Waals surface area contributed by atoms with Crippen molar-refractivity contribution in [2.45, 2.75) is 13.0 Å². The zero-order valence-corrected chi connectivity index (χ0v) is 13.4. The van der Waals surface area contributed by atoms with Gasteiger partial charge in [-0.15, -0.1) is 12.4 Å². The van der Waals surface area contributed by atoms with Crippen LogP contribution in [0.3, 0.4) is 0 Å². The summed E-state index contributed by atoms with van der Waals surface area (Å²) >= 11 is 5.84. The first kappa shape index (κ1) is 16.7. The predicted octanol–water partition coefficient (Wildman–Crippen LogP) is 2.21. The molecule has 2 N–H and O–H groups in total. The first-order valence-corrected chi connectivity index (χ1v) is 7.12. The van der Waals surface area contributed by atoms with E-state index in [-0.39, 0.29) is 30.3 Å². The van der Waals surface area contributed by atoms with Crippen LogP contribution in [0.4, 0.5) is 0 Å².